The summed E-state index contributed by atoms with van der Waals surface area (Å²) in [5.74, 6) is 0. The summed E-state index contributed by atoms with van der Waals surface area (Å²) in [6.07, 6.45) is 6.82. The molecule has 0 saturated heterocycles. The van der Waals surface area contributed by atoms with Gasteiger partial charge in [0.1, 0.15) is 0 Å². The fourth-order valence-corrected chi connectivity index (χ4v) is 2.58. The Morgan fingerprint density at radius 3 is 2.76 bits per heavy atom. The van der Waals surface area contributed by atoms with Crippen LogP contribution in [0.25, 0.3) is 0 Å². The summed E-state index contributed by atoms with van der Waals surface area (Å²) in [5, 5.41) is 3.64. The largest absolute Gasteiger partial charge is 0.398 e. The minimum Gasteiger partial charge on any atom is -0.398 e. The maximum absolute atomic E-state index is 6.08. The molecule has 0 fully saturated rings. The van der Waals surface area contributed by atoms with Crippen molar-refractivity contribution in [3.63, 3.8) is 0 Å². The Labute approximate surface area is 103 Å². The van der Waals surface area contributed by atoms with E-state index in [1.54, 1.807) is 0 Å². The Morgan fingerprint density at radius 2 is 2.06 bits per heavy atom. The molecule has 1 aliphatic heterocycles. The molecule has 2 atom stereocenters. The first-order valence-corrected chi connectivity index (χ1v) is 6.11. The number of nitrogens with one attached hydrogen (secondary N) is 1. The van der Waals surface area contributed by atoms with Crippen molar-refractivity contribution in [3.8, 4) is 0 Å². The Hall–Kier alpha value is -1.54. The van der Waals surface area contributed by atoms with Crippen LogP contribution in [0.4, 0.5) is 5.69 Å². The lowest BCUT2D eigenvalue weighted by atomic mass is 9.86. The van der Waals surface area contributed by atoms with Crippen LogP contribution >= 0.6 is 0 Å². The molecule has 0 radical (unpaired) electrons. The van der Waals surface area contributed by atoms with Gasteiger partial charge in [0.2, 0.25) is 0 Å². The van der Waals surface area contributed by atoms with E-state index in [9.17, 15) is 0 Å². The van der Waals surface area contributed by atoms with Crippen LogP contribution in [0.5, 0.6) is 0 Å². The molecule has 1 aromatic rings. The van der Waals surface area contributed by atoms with E-state index in [-0.39, 0.29) is 0 Å². The lowest BCUT2D eigenvalue weighted by Gasteiger charge is -2.33. The van der Waals surface area contributed by atoms with E-state index in [4.69, 9.17) is 5.73 Å². The van der Waals surface area contributed by atoms with Crippen LogP contribution in [-0.4, -0.2) is 6.04 Å². The van der Waals surface area contributed by atoms with Crippen LogP contribution in [0.15, 0.2) is 43.5 Å². The first-order chi connectivity index (χ1) is 8.26. The molecule has 17 heavy (non-hydrogen) atoms. The second-order valence-corrected chi connectivity index (χ2v) is 4.58. The standard InChI is InChI=1S/C15H20N2/c1-3-6-11-10-13-12(8-5-9-14(13)16)15(17-11)7-4-2/h3-5,8-9,11,15,17H,1-2,6-7,10,16H2/t11-,15+/m1/s1. The number of nitrogens with two attached hydrogens (primary N) is 1. The van der Waals surface area contributed by atoms with Crippen LogP contribution in [0.3, 0.4) is 0 Å². The number of hydrogen-bond donors (Lipinski definition) is 2. The van der Waals surface area contributed by atoms with Gasteiger partial charge in [0.15, 0.2) is 0 Å². The van der Waals surface area contributed by atoms with E-state index >= 15 is 0 Å². The molecule has 0 saturated carbocycles. The molecule has 2 rings (SSSR count). The van der Waals surface area contributed by atoms with Crippen molar-refractivity contribution in [1.82, 2.24) is 5.32 Å². The highest BCUT2D eigenvalue weighted by Gasteiger charge is 2.25. The van der Waals surface area contributed by atoms with Gasteiger partial charge in [0.25, 0.3) is 0 Å². The lowest BCUT2D eigenvalue weighted by Crippen LogP contribution is -2.39. The van der Waals surface area contributed by atoms with Crippen molar-refractivity contribution in [2.24, 2.45) is 0 Å². The molecule has 0 bridgehead atoms. The zero-order valence-electron chi connectivity index (χ0n) is 10.2. The molecule has 1 heterocycles. The van der Waals surface area contributed by atoms with Gasteiger partial charge < -0.3 is 11.1 Å². The monoisotopic (exact) mass is 228 g/mol. The van der Waals surface area contributed by atoms with Crippen LogP contribution < -0.4 is 11.1 Å². The summed E-state index contributed by atoms with van der Waals surface area (Å²) in [7, 11) is 0. The van der Waals surface area contributed by atoms with Crippen LogP contribution in [0.2, 0.25) is 0 Å². The maximum Gasteiger partial charge on any atom is 0.0360 e. The zero-order valence-corrected chi connectivity index (χ0v) is 10.2. The van der Waals surface area contributed by atoms with Gasteiger partial charge in [-0.15, -0.1) is 13.2 Å². The first kappa shape index (κ1) is 11.9. The molecule has 2 nitrogen and oxygen atoms in total. The van der Waals surface area contributed by atoms with Gasteiger partial charge in [-0.1, -0.05) is 24.3 Å². The summed E-state index contributed by atoms with van der Waals surface area (Å²) < 4.78 is 0. The normalized spacial score (nSPS) is 22.8. The fourth-order valence-electron chi connectivity index (χ4n) is 2.58. The quantitative estimate of drug-likeness (QED) is 0.614. The summed E-state index contributed by atoms with van der Waals surface area (Å²) in [4.78, 5) is 0. The van der Waals surface area contributed by atoms with Crippen molar-refractivity contribution in [3.05, 3.63) is 54.6 Å². The summed E-state index contributed by atoms with van der Waals surface area (Å²) >= 11 is 0. The average Bonchev–Trinajstić information content (AvgIpc) is 2.31. The molecular formula is C15H20N2. The van der Waals surface area contributed by atoms with Gasteiger partial charge in [-0.05, 0) is 36.5 Å². The molecular weight excluding hydrogens is 208 g/mol. The predicted molar refractivity (Wildman–Crippen MR) is 73.9 cm³/mol. The SMILES string of the molecule is C=CC[C@@H]1Cc2c(N)cccc2[C@H](CC=C)N1. The summed E-state index contributed by atoms with van der Waals surface area (Å²) in [6, 6.07) is 6.95. The predicted octanol–water partition coefficient (Wildman–Crippen LogP) is 2.98. The van der Waals surface area contributed by atoms with E-state index in [1.807, 2.05) is 24.3 Å². The number of fused-ring (bicyclic) bond motifs is 1. The molecule has 0 amide bonds. The zero-order chi connectivity index (χ0) is 12.3. The van der Waals surface area contributed by atoms with Crippen molar-refractivity contribution >= 4 is 5.69 Å². The van der Waals surface area contributed by atoms with E-state index < -0.39 is 0 Å². The van der Waals surface area contributed by atoms with Crippen molar-refractivity contribution < 1.29 is 0 Å². The molecule has 90 valence electrons. The topological polar surface area (TPSA) is 38.0 Å². The molecule has 3 N–H and O–H groups in total. The number of benzene rings is 1. The molecule has 1 aromatic carbocycles. The van der Waals surface area contributed by atoms with Gasteiger partial charge in [0.05, 0.1) is 0 Å². The molecule has 0 aromatic heterocycles. The smallest absolute Gasteiger partial charge is 0.0360 e. The highest BCUT2D eigenvalue weighted by molar-refractivity contribution is 5.53. The number of anilines is 1. The second kappa shape index (κ2) is 5.19. The molecule has 0 spiro atoms. The third kappa shape index (κ3) is 2.42. The lowest BCUT2D eigenvalue weighted by molar-refractivity contribution is 0.406. The van der Waals surface area contributed by atoms with Crippen LogP contribution in [0.1, 0.15) is 30.0 Å². The molecule has 0 unspecified atom stereocenters. The number of rotatable bonds is 4. The Kier molecular flexibility index (Phi) is 3.64. The van der Waals surface area contributed by atoms with Crippen LogP contribution in [-0.2, 0) is 6.42 Å². The molecule has 2 heteroatoms. The Balaban J connectivity index is 2.34. The highest BCUT2D eigenvalue weighted by Crippen LogP contribution is 2.32. The maximum atomic E-state index is 6.08. The van der Waals surface area contributed by atoms with Crippen molar-refractivity contribution in [2.45, 2.75) is 31.3 Å². The second-order valence-electron chi connectivity index (χ2n) is 4.58. The first-order valence-electron chi connectivity index (χ1n) is 6.11. The van der Waals surface area contributed by atoms with Crippen molar-refractivity contribution in [2.75, 3.05) is 5.73 Å². The molecule has 1 aliphatic rings. The fraction of sp³-hybridized carbons (Fsp3) is 0.333. The molecule has 0 aliphatic carbocycles. The van der Waals surface area contributed by atoms with Crippen molar-refractivity contribution in [1.29, 1.82) is 0 Å². The Morgan fingerprint density at radius 1 is 1.29 bits per heavy atom. The number of nitrogen functional groups attached to an aromatic ring is 1. The Bertz CT molecular complexity index is 423. The number of hydrogen-bond acceptors (Lipinski definition) is 2. The summed E-state index contributed by atoms with van der Waals surface area (Å²) in [6.45, 7) is 7.64. The van der Waals surface area contributed by atoms with Gasteiger partial charge in [0, 0.05) is 17.8 Å². The van der Waals surface area contributed by atoms with Gasteiger partial charge >= 0.3 is 0 Å². The minimum atomic E-state index is 0.338. The third-order valence-corrected chi connectivity index (χ3v) is 3.36. The van der Waals surface area contributed by atoms with E-state index in [0.717, 1.165) is 24.9 Å². The van der Waals surface area contributed by atoms with Gasteiger partial charge in [-0.2, -0.15) is 0 Å². The van der Waals surface area contributed by atoms with E-state index in [0.29, 0.717) is 12.1 Å². The van der Waals surface area contributed by atoms with Gasteiger partial charge in [-0.25, -0.2) is 0 Å². The summed E-state index contributed by atoms with van der Waals surface area (Å²) in [5.41, 5.74) is 9.61. The minimum absolute atomic E-state index is 0.338. The van der Waals surface area contributed by atoms with E-state index in [2.05, 4.69) is 24.5 Å². The highest BCUT2D eigenvalue weighted by atomic mass is 15.0. The van der Waals surface area contributed by atoms with Gasteiger partial charge in [-0.3, -0.25) is 0 Å². The van der Waals surface area contributed by atoms with Crippen LogP contribution in [0, 0.1) is 0 Å². The average molecular weight is 228 g/mol. The third-order valence-electron chi connectivity index (χ3n) is 3.36. The van der Waals surface area contributed by atoms with E-state index in [1.165, 1.54) is 11.1 Å².